The summed E-state index contributed by atoms with van der Waals surface area (Å²) in [5, 5.41) is 8.83. The van der Waals surface area contributed by atoms with E-state index in [1.165, 1.54) is 11.1 Å². The molecule has 108 valence electrons. The minimum absolute atomic E-state index is 0.569. The van der Waals surface area contributed by atoms with Crippen LogP contribution in [-0.2, 0) is 0 Å². The zero-order valence-electron chi connectivity index (χ0n) is 12.3. The molecule has 0 saturated heterocycles. The van der Waals surface area contributed by atoms with Crippen molar-refractivity contribution in [3.63, 3.8) is 0 Å². The van der Waals surface area contributed by atoms with Gasteiger partial charge in [-0.1, -0.05) is 42.5 Å². The number of hydrogen-bond donors (Lipinski definition) is 1. The number of benzene rings is 2. The van der Waals surface area contributed by atoms with Crippen LogP contribution < -0.4 is 10.5 Å². The Morgan fingerprint density at radius 1 is 1.05 bits per heavy atom. The summed E-state index contributed by atoms with van der Waals surface area (Å²) in [6.45, 7) is 2.31. The molecular formula is C18H20N2O. The van der Waals surface area contributed by atoms with Crippen LogP contribution in [0.3, 0.4) is 0 Å². The summed E-state index contributed by atoms with van der Waals surface area (Å²) >= 11 is 0. The minimum Gasteiger partial charge on any atom is -0.494 e. The van der Waals surface area contributed by atoms with E-state index >= 15 is 0 Å². The normalized spacial score (nSPS) is 13.2. The largest absolute Gasteiger partial charge is 0.494 e. The number of hydrogen-bond acceptors (Lipinski definition) is 3. The molecule has 1 atom stereocenters. The highest BCUT2D eigenvalue weighted by molar-refractivity contribution is 5.63. The third-order valence-corrected chi connectivity index (χ3v) is 3.33. The maximum atomic E-state index is 8.83. The third kappa shape index (κ3) is 4.62. The number of nitrogens with zero attached hydrogens (tertiary/aromatic N) is 1. The first-order valence-electron chi connectivity index (χ1n) is 7.09. The van der Waals surface area contributed by atoms with Gasteiger partial charge in [0.05, 0.1) is 12.7 Å². The molecule has 0 aliphatic carbocycles. The van der Waals surface area contributed by atoms with Gasteiger partial charge in [0.15, 0.2) is 0 Å². The zero-order chi connectivity index (χ0) is 15.1. The van der Waals surface area contributed by atoms with Crippen LogP contribution in [0.15, 0.2) is 54.6 Å². The fourth-order valence-electron chi connectivity index (χ4n) is 2.06. The molecular weight excluding hydrogens is 260 g/mol. The average Bonchev–Trinajstić information content (AvgIpc) is 2.53. The van der Waals surface area contributed by atoms with Crippen molar-refractivity contribution in [2.24, 2.45) is 5.73 Å². The second-order valence-corrected chi connectivity index (χ2v) is 5.37. The van der Waals surface area contributed by atoms with Gasteiger partial charge in [0, 0.05) is 0 Å². The Morgan fingerprint density at radius 2 is 1.67 bits per heavy atom. The number of ether oxygens (including phenoxy) is 1. The molecule has 2 aromatic rings. The monoisotopic (exact) mass is 280 g/mol. The lowest BCUT2D eigenvalue weighted by atomic mass is 10.00. The Kier molecular flexibility index (Phi) is 4.97. The van der Waals surface area contributed by atoms with E-state index in [4.69, 9.17) is 15.7 Å². The van der Waals surface area contributed by atoms with Crippen LogP contribution in [-0.4, -0.2) is 12.1 Å². The molecule has 0 aliphatic heterocycles. The van der Waals surface area contributed by atoms with E-state index < -0.39 is 5.54 Å². The summed E-state index contributed by atoms with van der Waals surface area (Å²) < 4.78 is 5.67. The van der Waals surface area contributed by atoms with Gasteiger partial charge in [-0.05, 0) is 43.0 Å². The van der Waals surface area contributed by atoms with Gasteiger partial charge in [-0.3, -0.25) is 0 Å². The Hall–Kier alpha value is -2.31. The van der Waals surface area contributed by atoms with Crippen LogP contribution in [0.2, 0.25) is 0 Å². The van der Waals surface area contributed by atoms with Crippen molar-refractivity contribution in [1.29, 1.82) is 5.26 Å². The Morgan fingerprint density at radius 3 is 2.29 bits per heavy atom. The highest BCUT2D eigenvalue weighted by atomic mass is 16.5. The maximum absolute atomic E-state index is 8.83. The van der Waals surface area contributed by atoms with E-state index in [0.29, 0.717) is 13.0 Å². The van der Waals surface area contributed by atoms with E-state index in [1.54, 1.807) is 6.92 Å². The van der Waals surface area contributed by atoms with Crippen LogP contribution in [0.1, 0.15) is 19.8 Å². The van der Waals surface area contributed by atoms with E-state index in [0.717, 1.165) is 12.2 Å². The Balaban J connectivity index is 1.85. The fraction of sp³-hybridized carbons (Fsp3) is 0.278. The van der Waals surface area contributed by atoms with Gasteiger partial charge in [0.2, 0.25) is 0 Å². The van der Waals surface area contributed by atoms with Crippen molar-refractivity contribution in [2.75, 3.05) is 6.61 Å². The van der Waals surface area contributed by atoms with Crippen LogP contribution in [0.4, 0.5) is 0 Å². The van der Waals surface area contributed by atoms with Crippen molar-refractivity contribution in [1.82, 2.24) is 0 Å². The zero-order valence-corrected chi connectivity index (χ0v) is 12.3. The van der Waals surface area contributed by atoms with Gasteiger partial charge in [-0.25, -0.2) is 0 Å². The maximum Gasteiger partial charge on any atom is 0.119 e. The molecule has 0 heterocycles. The Labute approximate surface area is 126 Å². The summed E-state index contributed by atoms with van der Waals surface area (Å²) in [7, 11) is 0. The molecule has 21 heavy (non-hydrogen) atoms. The summed E-state index contributed by atoms with van der Waals surface area (Å²) in [5.74, 6) is 0.838. The predicted molar refractivity (Wildman–Crippen MR) is 84.8 cm³/mol. The molecule has 0 spiro atoms. The smallest absolute Gasteiger partial charge is 0.119 e. The lowest BCUT2D eigenvalue weighted by molar-refractivity contribution is 0.296. The molecule has 0 saturated carbocycles. The molecule has 1 unspecified atom stereocenters. The van der Waals surface area contributed by atoms with E-state index in [1.807, 2.05) is 42.5 Å². The second-order valence-electron chi connectivity index (χ2n) is 5.37. The summed E-state index contributed by atoms with van der Waals surface area (Å²) in [6, 6.07) is 20.3. The van der Waals surface area contributed by atoms with E-state index in [9.17, 15) is 0 Å². The van der Waals surface area contributed by atoms with Crippen molar-refractivity contribution in [3.05, 3.63) is 54.6 Å². The molecule has 2 aromatic carbocycles. The standard InChI is InChI=1S/C18H20N2O/c1-18(20,14-19)12-5-13-21-17-10-8-16(9-11-17)15-6-3-2-4-7-15/h2-4,6-11H,5,12-13,20H2,1H3. The predicted octanol–water partition coefficient (Wildman–Crippen LogP) is 3.75. The lowest BCUT2D eigenvalue weighted by Gasteiger charge is -2.15. The molecule has 3 heteroatoms. The molecule has 0 bridgehead atoms. The van der Waals surface area contributed by atoms with Gasteiger partial charge in [-0.15, -0.1) is 0 Å². The van der Waals surface area contributed by atoms with Gasteiger partial charge in [0.25, 0.3) is 0 Å². The first-order chi connectivity index (χ1) is 10.1. The summed E-state index contributed by atoms with van der Waals surface area (Å²) in [6.07, 6.45) is 1.40. The van der Waals surface area contributed by atoms with Crippen LogP contribution in [0, 0.1) is 11.3 Å². The van der Waals surface area contributed by atoms with Crippen molar-refractivity contribution < 1.29 is 4.74 Å². The quantitative estimate of drug-likeness (QED) is 0.820. The first-order valence-corrected chi connectivity index (χ1v) is 7.09. The molecule has 3 nitrogen and oxygen atoms in total. The molecule has 0 aliphatic rings. The Bertz CT molecular complexity index is 597. The lowest BCUT2D eigenvalue weighted by Crippen LogP contribution is -2.34. The van der Waals surface area contributed by atoms with Crippen LogP contribution in [0.5, 0.6) is 5.75 Å². The highest BCUT2D eigenvalue weighted by Crippen LogP contribution is 2.22. The molecule has 2 N–H and O–H groups in total. The molecule has 0 fully saturated rings. The fourth-order valence-corrected chi connectivity index (χ4v) is 2.06. The molecule has 0 radical (unpaired) electrons. The SMILES string of the molecule is CC(N)(C#N)CCCOc1ccc(-c2ccccc2)cc1. The van der Waals surface area contributed by atoms with E-state index in [2.05, 4.69) is 18.2 Å². The molecule has 2 rings (SSSR count). The van der Waals surface area contributed by atoms with Gasteiger partial charge < -0.3 is 10.5 Å². The highest BCUT2D eigenvalue weighted by Gasteiger charge is 2.16. The average molecular weight is 280 g/mol. The molecule has 0 amide bonds. The number of nitrogens with two attached hydrogens (primary N) is 1. The van der Waals surface area contributed by atoms with Gasteiger partial charge in [-0.2, -0.15) is 5.26 Å². The topological polar surface area (TPSA) is 59.0 Å². The van der Waals surface area contributed by atoms with Crippen molar-refractivity contribution >= 4 is 0 Å². The van der Waals surface area contributed by atoms with Crippen molar-refractivity contribution in [3.8, 4) is 22.9 Å². The number of rotatable bonds is 6. The van der Waals surface area contributed by atoms with Crippen LogP contribution >= 0.6 is 0 Å². The van der Waals surface area contributed by atoms with E-state index in [-0.39, 0.29) is 0 Å². The van der Waals surface area contributed by atoms with Crippen molar-refractivity contribution in [2.45, 2.75) is 25.3 Å². The van der Waals surface area contributed by atoms with Gasteiger partial charge in [0.1, 0.15) is 11.3 Å². The van der Waals surface area contributed by atoms with Crippen LogP contribution in [0.25, 0.3) is 11.1 Å². The second kappa shape index (κ2) is 6.92. The van der Waals surface area contributed by atoms with Gasteiger partial charge >= 0.3 is 0 Å². The minimum atomic E-state index is -0.763. The first kappa shape index (κ1) is 15.1. The third-order valence-electron chi connectivity index (χ3n) is 3.33. The summed E-state index contributed by atoms with van der Waals surface area (Å²) in [5.41, 5.74) is 7.36. The number of nitriles is 1. The molecule has 0 aromatic heterocycles. The summed E-state index contributed by atoms with van der Waals surface area (Å²) in [4.78, 5) is 0.